The molecular weight excluding hydrogens is 374 g/mol. The average Bonchev–Trinajstić information content (AvgIpc) is 2.59. The van der Waals surface area contributed by atoms with E-state index in [-0.39, 0.29) is 29.6 Å². The van der Waals surface area contributed by atoms with Crippen LogP contribution >= 0.6 is 15.9 Å². The van der Waals surface area contributed by atoms with E-state index in [0.717, 1.165) is 4.47 Å². The van der Waals surface area contributed by atoms with Crippen molar-refractivity contribution < 1.29 is 14.4 Å². The second-order valence-electron chi connectivity index (χ2n) is 6.20. The Morgan fingerprint density at radius 2 is 1.67 bits per heavy atom. The van der Waals surface area contributed by atoms with Crippen molar-refractivity contribution in [3.05, 3.63) is 34.3 Å². The normalized spacial score (nSPS) is 15.2. The van der Waals surface area contributed by atoms with Gasteiger partial charge >= 0.3 is 0 Å². The van der Waals surface area contributed by atoms with Crippen LogP contribution in [0.15, 0.2) is 28.7 Å². The van der Waals surface area contributed by atoms with E-state index >= 15 is 0 Å². The van der Waals surface area contributed by atoms with Gasteiger partial charge in [-0.25, -0.2) is 0 Å². The molecule has 2 N–H and O–H groups in total. The number of hydrazine groups is 1. The number of nitrogens with zero attached hydrogens (tertiary/aromatic N) is 1. The third kappa shape index (κ3) is 4.80. The van der Waals surface area contributed by atoms with Crippen molar-refractivity contribution in [2.75, 3.05) is 13.1 Å². The maximum absolute atomic E-state index is 12.2. The number of hydrogen-bond donors (Lipinski definition) is 2. The van der Waals surface area contributed by atoms with Gasteiger partial charge in [0.15, 0.2) is 0 Å². The lowest BCUT2D eigenvalue weighted by Gasteiger charge is -2.32. The lowest BCUT2D eigenvalue weighted by molar-refractivity contribution is -0.138. The second kappa shape index (κ2) is 8.28. The number of rotatable bonds is 3. The van der Waals surface area contributed by atoms with Crippen LogP contribution in [0.3, 0.4) is 0 Å². The minimum Gasteiger partial charge on any atom is -0.342 e. The Bertz CT molecular complexity index is 608. The molecule has 24 heavy (non-hydrogen) atoms. The minimum atomic E-state index is -0.358. The Morgan fingerprint density at radius 1 is 1.08 bits per heavy atom. The van der Waals surface area contributed by atoms with Crippen LogP contribution in [-0.4, -0.2) is 35.7 Å². The Morgan fingerprint density at radius 3 is 2.21 bits per heavy atom. The summed E-state index contributed by atoms with van der Waals surface area (Å²) >= 11 is 3.30. The Hall–Kier alpha value is -1.89. The first-order valence-electron chi connectivity index (χ1n) is 8.03. The molecule has 0 bridgehead atoms. The minimum absolute atomic E-state index is 0.0272. The Kier molecular flexibility index (Phi) is 6.36. The zero-order chi connectivity index (χ0) is 17.7. The number of nitrogens with one attached hydrogen (secondary N) is 2. The number of hydrogen-bond acceptors (Lipinski definition) is 3. The van der Waals surface area contributed by atoms with Gasteiger partial charge in [0, 0.05) is 35.0 Å². The summed E-state index contributed by atoms with van der Waals surface area (Å²) in [5.74, 6) is -0.662. The molecule has 0 aromatic heterocycles. The molecular formula is C17H22BrN3O3. The van der Waals surface area contributed by atoms with Crippen molar-refractivity contribution in [1.29, 1.82) is 0 Å². The summed E-state index contributed by atoms with van der Waals surface area (Å²) in [6, 6.07) is 6.86. The summed E-state index contributed by atoms with van der Waals surface area (Å²) in [7, 11) is 0. The lowest BCUT2D eigenvalue weighted by atomic mass is 9.95. The maximum Gasteiger partial charge on any atom is 0.269 e. The second-order valence-corrected chi connectivity index (χ2v) is 7.12. The molecule has 7 heteroatoms. The number of carbonyl (C=O) groups excluding carboxylic acids is 3. The molecule has 0 unspecified atom stereocenters. The quantitative estimate of drug-likeness (QED) is 0.769. The number of carbonyl (C=O) groups is 3. The summed E-state index contributed by atoms with van der Waals surface area (Å²) in [5.41, 5.74) is 5.38. The number of benzene rings is 1. The molecule has 1 aromatic rings. The highest BCUT2D eigenvalue weighted by Crippen LogP contribution is 2.18. The van der Waals surface area contributed by atoms with E-state index in [1.54, 1.807) is 29.2 Å². The number of halogens is 1. The summed E-state index contributed by atoms with van der Waals surface area (Å²) in [5, 5.41) is 0. The average molecular weight is 396 g/mol. The molecule has 0 aliphatic carbocycles. The first-order valence-corrected chi connectivity index (χ1v) is 8.82. The van der Waals surface area contributed by atoms with E-state index in [1.807, 2.05) is 13.8 Å². The lowest BCUT2D eigenvalue weighted by Crippen LogP contribution is -2.48. The SMILES string of the molecule is CC(C)C(=O)N1CCC(C(=O)NNC(=O)c2ccc(Br)cc2)CC1. The van der Waals surface area contributed by atoms with Crippen LogP contribution in [0.2, 0.25) is 0 Å². The van der Waals surface area contributed by atoms with Gasteiger partial charge in [-0.05, 0) is 37.1 Å². The predicted octanol–water partition coefficient (Wildman–Crippen LogP) is 2.10. The van der Waals surface area contributed by atoms with Crippen LogP contribution in [0.25, 0.3) is 0 Å². The fourth-order valence-corrected chi connectivity index (χ4v) is 2.89. The fourth-order valence-electron chi connectivity index (χ4n) is 2.62. The van der Waals surface area contributed by atoms with Crippen molar-refractivity contribution in [1.82, 2.24) is 15.8 Å². The molecule has 0 atom stereocenters. The highest BCUT2D eigenvalue weighted by Gasteiger charge is 2.28. The van der Waals surface area contributed by atoms with Gasteiger partial charge in [-0.3, -0.25) is 25.2 Å². The van der Waals surface area contributed by atoms with E-state index < -0.39 is 0 Å². The molecule has 2 rings (SSSR count). The van der Waals surface area contributed by atoms with Gasteiger partial charge in [-0.1, -0.05) is 29.8 Å². The van der Waals surface area contributed by atoms with Gasteiger partial charge < -0.3 is 4.90 Å². The van der Waals surface area contributed by atoms with Crippen molar-refractivity contribution in [2.45, 2.75) is 26.7 Å². The molecule has 1 saturated heterocycles. The van der Waals surface area contributed by atoms with Crippen LogP contribution in [0.5, 0.6) is 0 Å². The maximum atomic E-state index is 12.2. The Labute approximate surface area is 150 Å². The third-order valence-electron chi connectivity index (χ3n) is 4.08. The number of likely N-dealkylation sites (tertiary alicyclic amines) is 1. The Balaban J connectivity index is 1.78. The summed E-state index contributed by atoms with van der Waals surface area (Å²) in [6.07, 6.45) is 1.22. The standard InChI is InChI=1S/C17H22BrN3O3/c1-11(2)17(24)21-9-7-13(8-10-21)16(23)20-19-15(22)12-3-5-14(18)6-4-12/h3-6,11,13H,7-10H2,1-2H3,(H,19,22)(H,20,23). The van der Waals surface area contributed by atoms with Gasteiger partial charge in [0.25, 0.3) is 5.91 Å². The molecule has 3 amide bonds. The molecule has 1 aromatic carbocycles. The molecule has 6 nitrogen and oxygen atoms in total. The summed E-state index contributed by atoms with van der Waals surface area (Å²) in [6.45, 7) is 4.91. The van der Waals surface area contributed by atoms with Crippen molar-refractivity contribution in [2.24, 2.45) is 11.8 Å². The number of piperidine rings is 1. The van der Waals surface area contributed by atoms with Crippen LogP contribution in [0.4, 0.5) is 0 Å². The highest BCUT2D eigenvalue weighted by atomic mass is 79.9. The van der Waals surface area contributed by atoms with E-state index in [0.29, 0.717) is 31.5 Å². The van der Waals surface area contributed by atoms with Crippen LogP contribution in [0.1, 0.15) is 37.0 Å². The van der Waals surface area contributed by atoms with Crippen molar-refractivity contribution in [3.63, 3.8) is 0 Å². The topological polar surface area (TPSA) is 78.5 Å². The van der Waals surface area contributed by atoms with E-state index in [2.05, 4.69) is 26.8 Å². The fraction of sp³-hybridized carbons (Fsp3) is 0.471. The predicted molar refractivity (Wildman–Crippen MR) is 93.9 cm³/mol. The van der Waals surface area contributed by atoms with Crippen LogP contribution in [0, 0.1) is 11.8 Å². The molecule has 1 fully saturated rings. The van der Waals surface area contributed by atoms with Gasteiger partial charge in [-0.15, -0.1) is 0 Å². The number of amides is 3. The molecule has 0 saturated carbocycles. The third-order valence-corrected chi connectivity index (χ3v) is 4.61. The van der Waals surface area contributed by atoms with Gasteiger partial charge in [0.1, 0.15) is 0 Å². The zero-order valence-corrected chi connectivity index (χ0v) is 15.4. The van der Waals surface area contributed by atoms with Crippen molar-refractivity contribution in [3.8, 4) is 0 Å². The van der Waals surface area contributed by atoms with Gasteiger partial charge in [-0.2, -0.15) is 0 Å². The monoisotopic (exact) mass is 395 g/mol. The highest BCUT2D eigenvalue weighted by molar-refractivity contribution is 9.10. The smallest absolute Gasteiger partial charge is 0.269 e. The molecule has 0 spiro atoms. The largest absolute Gasteiger partial charge is 0.342 e. The van der Waals surface area contributed by atoms with Gasteiger partial charge in [0.05, 0.1) is 0 Å². The van der Waals surface area contributed by atoms with Gasteiger partial charge in [0.2, 0.25) is 11.8 Å². The van der Waals surface area contributed by atoms with Crippen molar-refractivity contribution >= 4 is 33.7 Å². The van der Waals surface area contributed by atoms with Crippen LogP contribution < -0.4 is 10.9 Å². The van der Waals surface area contributed by atoms with E-state index in [4.69, 9.17) is 0 Å². The summed E-state index contributed by atoms with van der Waals surface area (Å²) < 4.78 is 0.880. The molecule has 0 radical (unpaired) electrons. The molecule has 1 heterocycles. The molecule has 1 aliphatic heterocycles. The molecule has 1 aliphatic rings. The van der Waals surface area contributed by atoms with E-state index in [9.17, 15) is 14.4 Å². The summed E-state index contributed by atoms with van der Waals surface area (Å²) in [4.78, 5) is 37.9. The molecule has 130 valence electrons. The van der Waals surface area contributed by atoms with Crippen LogP contribution in [-0.2, 0) is 9.59 Å². The first kappa shape index (κ1) is 18.4. The zero-order valence-electron chi connectivity index (χ0n) is 13.8. The van der Waals surface area contributed by atoms with E-state index in [1.165, 1.54) is 0 Å². The first-order chi connectivity index (χ1) is 11.4.